The van der Waals surface area contributed by atoms with Gasteiger partial charge in [0.05, 0.1) is 39.1 Å². The zero-order chi connectivity index (χ0) is 39.4. The summed E-state index contributed by atoms with van der Waals surface area (Å²) in [6, 6.07) is 32.7. The van der Waals surface area contributed by atoms with Crippen LogP contribution in [-0.4, -0.2) is 23.9 Å². The standard InChI is InChI=1S/C50H49N5O/c1-28-16-18-30(3)47-44(28)45-29(2)17-19-31(4)48(45)54(47)46-32(5)27-51-49(35(46)8)53-42-15-13-12-14-40(42)41-21-20-38(26-43(41)53)56-39-24-36(50(9,10)11)23-37(25-39)55-34(7)22-33(6)52-55/h12-27H,1-11H3. The Morgan fingerprint density at radius 1 is 0.571 bits per heavy atom. The Kier molecular flexibility index (Phi) is 8.07. The number of hydrogen-bond donors (Lipinski definition) is 0. The van der Waals surface area contributed by atoms with Crippen molar-refractivity contribution in [2.45, 2.75) is 81.6 Å². The number of para-hydroxylation sites is 1. The first-order valence-corrected chi connectivity index (χ1v) is 19.6. The van der Waals surface area contributed by atoms with E-state index in [4.69, 9.17) is 14.8 Å². The molecule has 0 radical (unpaired) electrons. The van der Waals surface area contributed by atoms with Crippen LogP contribution in [0.5, 0.6) is 11.5 Å². The molecule has 0 amide bonds. The lowest BCUT2D eigenvalue weighted by Crippen LogP contribution is -2.12. The fraction of sp³-hybridized carbons (Fsp3) is 0.240. The van der Waals surface area contributed by atoms with Gasteiger partial charge in [0.2, 0.25) is 0 Å². The van der Waals surface area contributed by atoms with Gasteiger partial charge < -0.3 is 9.30 Å². The molecule has 56 heavy (non-hydrogen) atoms. The molecule has 6 nitrogen and oxygen atoms in total. The number of rotatable bonds is 5. The van der Waals surface area contributed by atoms with Crippen LogP contribution < -0.4 is 4.74 Å². The van der Waals surface area contributed by atoms with Crippen LogP contribution in [-0.2, 0) is 5.41 Å². The molecule has 4 heterocycles. The average molecular weight is 736 g/mol. The van der Waals surface area contributed by atoms with E-state index < -0.39 is 0 Å². The maximum Gasteiger partial charge on any atom is 0.142 e. The van der Waals surface area contributed by atoms with Gasteiger partial charge in [-0.1, -0.05) is 63.2 Å². The first-order chi connectivity index (χ1) is 26.7. The second kappa shape index (κ2) is 12.7. The van der Waals surface area contributed by atoms with E-state index >= 15 is 0 Å². The van der Waals surface area contributed by atoms with Crippen molar-refractivity contribution in [2.75, 3.05) is 0 Å². The summed E-state index contributed by atoms with van der Waals surface area (Å²) < 4.78 is 13.7. The normalized spacial score (nSPS) is 12.2. The molecule has 0 N–H and O–H groups in total. The Hall–Kier alpha value is -6.14. The molecule has 0 spiro atoms. The van der Waals surface area contributed by atoms with Crippen LogP contribution in [0.1, 0.15) is 71.1 Å². The lowest BCUT2D eigenvalue weighted by atomic mass is 9.86. The smallest absolute Gasteiger partial charge is 0.142 e. The summed E-state index contributed by atoms with van der Waals surface area (Å²) in [6.45, 7) is 24.2. The van der Waals surface area contributed by atoms with Crippen molar-refractivity contribution in [1.82, 2.24) is 23.9 Å². The maximum atomic E-state index is 6.82. The molecule has 0 aliphatic carbocycles. The minimum atomic E-state index is -0.0855. The van der Waals surface area contributed by atoms with Crippen LogP contribution in [0.3, 0.4) is 0 Å². The predicted molar refractivity (Wildman–Crippen MR) is 233 cm³/mol. The Balaban J connectivity index is 1.27. The van der Waals surface area contributed by atoms with E-state index in [9.17, 15) is 0 Å². The summed E-state index contributed by atoms with van der Waals surface area (Å²) in [6.07, 6.45) is 2.05. The zero-order valence-electron chi connectivity index (χ0n) is 34.4. The number of hydrogen-bond acceptors (Lipinski definition) is 3. The SMILES string of the molecule is Cc1cc(C)n(-c2cc(Oc3ccc4c5ccccc5n(-c5ncc(C)c(-n6c7c(C)ccc(C)c7c7c(C)ccc(C)c76)c5C)c4c3)cc(C(C)(C)C)c2)n1. The predicted octanol–water partition coefficient (Wildman–Crippen LogP) is 13.0. The first kappa shape index (κ1) is 35.6. The molecular weight excluding hydrogens is 687 g/mol. The quantitative estimate of drug-likeness (QED) is 0.177. The fourth-order valence-corrected chi connectivity index (χ4v) is 8.89. The van der Waals surface area contributed by atoms with E-state index in [0.29, 0.717) is 0 Å². The molecule has 6 heteroatoms. The van der Waals surface area contributed by atoms with Gasteiger partial charge in [0.25, 0.3) is 0 Å². The first-order valence-electron chi connectivity index (χ1n) is 19.6. The molecule has 0 saturated carbocycles. The van der Waals surface area contributed by atoms with Crippen molar-refractivity contribution in [2.24, 2.45) is 0 Å². The lowest BCUT2D eigenvalue weighted by molar-refractivity contribution is 0.478. The van der Waals surface area contributed by atoms with Crippen LogP contribution in [0.2, 0.25) is 0 Å². The van der Waals surface area contributed by atoms with E-state index in [-0.39, 0.29) is 5.41 Å². The molecule has 0 aliphatic rings. The highest BCUT2D eigenvalue weighted by molar-refractivity contribution is 6.14. The summed E-state index contributed by atoms with van der Waals surface area (Å²) in [4.78, 5) is 5.24. The Morgan fingerprint density at radius 3 is 1.86 bits per heavy atom. The molecule has 9 aromatic rings. The van der Waals surface area contributed by atoms with Crippen LogP contribution in [0.4, 0.5) is 0 Å². The molecule has 0 atom stereocenters. The Bertz CT molecular complexity index is 3010. The average Bonchev–Trinajstić information content (AvgIpc) is 3.81. The minimum absolute atomic E-state index is 0.0855. The number of nitrogens with zero attached hydrogens (tertiary/aromatic N) is 5. The van der Waals surface area contributed by atoms with E-state index in [2.05, 4.69) is 169 Å². The molecule has 0 fully saturated rings. The van der Waals surface area contributed by atoms with Gasteiger partial charge in [0, 0.05) is 51.1 Å². The van der Waals surface area contributed by atoms with Crippen LogP contribution in [0.25, 0.3) is 60.8 Å². The molecule has 4 aromatic heterocycles. The number of fused-ring (bicyclic) bond motifs is 6. The number of aromatic nitrogens is 5. The topological polar surface area (TPSA) is 49.8 Å². The fourth-order valence-electron chi connectivity index (χ4n) is 8.89. The van der Waals surface area contributed by atoms with Crippen molar-refractivity contribution in [3.8, 4) is 28.7 Å². The third-order valence-electron chi connectivity index (χ3n) is 11.6. The molecule has 5 aromatic carbocycles. The van der Waals surface area contributed by atoms with Gasteiger partial charge in [0.15, 0.2) is 0 Å². The zero-order valence-corrected chi connectivity index (χ0v) is 34.4. The third-order valence-corrected chi connectivity index (χ3v) is 11.6. The summed E-state index contributed by atoms with van der Waals surface area (Å²) in [5, 5.41) is 9.78. The van der Waals surface area contributed by atoms with Crippen molar-refractivity contribution in [3.05, 3.63) is 148 Å². The van der Waals surface area contributed by atoms with Crippen LogP contribution >= 0.6 is 0 Å². The Morgan fingerprint density at radius 2 is 1.21 bits per heavy atom. The second-order valence-corrected chi connectivity index (χ2v) is 16.9. The van der Waals surface area contributed by atoms with Gasteiger partial charge >= 0.3 is 0 Å². The van der Waals surface area contributed by atoms with Gasteiger partial charge in [-0.15, -0.1) is 0 Å². The maximum absolute atomic E-state index is 6.82. The summed E-state index contributed by atoms with van der Waals surface area (Å²) in [7, 11) is 0. The van der Waals surface area contributed by atoms with Crippen LogP contribution in [0.15, 0.2) is 97.2 Å². The van der Waals surface area contributed by atoms with Gasteiger partial charge in [0.1, 0.15) is 17.3 Å². The molecule has 9 rings (SSSR count). The highest BCUT2D eigenvalue weighted by Gasteiger charge is 2.25. The van der Waals surface area contributed by atoms with Gasteiger partial charge in [-0.05, 0) is 131 Å². The van der Waals surface area contributed by atoms with E-state index in [0.717, 1.165) is 61.9 Å². The molecular formula is C50H49N5O. The van der Waals surface area contributed by atoms with Gasteiger partial charge in [-0.3, -0.25) is 4.57 Å². The number of pyridine rings is 1. The third kappa shape index (κ3) is 5.45. The molecule has 280 valence electrons. The molecule has 0 aliphatic heterocycles. The molecule has 0 bridgehead atoms. The minimum Gasteiger partial charge on any atom is -0.457 e. The van der Waals surface area contributed by atoms with E-state index in [1.54, 1.807) is 0 Å². The monoisotopic (exact) mass is 735 g/mol. The van der Waals surface area contributed by atoms with E-state index in [1.807, 2.05) is 17.8 Å². The summed E-state index contributed by atoms with van der Waals surface area (Å²) in [5.74, 6) is 2.44. The summed E-state index contributed by atoms with van der Waals surface area (Å²) >= 11 is 0. The largest absolute Gasteiger partial charge is 0.457 e. The van der Waals surface area contributed by atoms with Crippen molar-refractivity contribution >= 4 is 43.6 Å². The summed E-state index contributed by atoms with van der Waals surface area (Å²) in [5.41, 5.74) is 17.3. The van der Waals surface area contributed by atoms with Crippen molar-refractivity contribution in [1.29, 1.82) is 0 Å². The molecule has 0 saturated heterocycles. The number of benzene rings is 5. The van der Waals surface area contributed by atoms with Crippen molar-refractivity contribution < 1.29 is 4.74 Å². The second-order valence-electron chi connectivity index (χ2n) is 16.9. The van der Waals surface area contributed by atoms with Gasteiger partial charge in [-0.25, -0.2) is 9.67 Å². The van der Waals surface area contributed by atoms with Crippen molar-refractivity contribution in [3.63, 3.8) is 0 Å². The highest BCUT2D eigenvalue weighted by Crippen LogP contribution is 2.43. The number of aryl methyl sites for hydroxylation is 7. The highest BCUT2D eigenvalue weighted by atomic mass is 16.5. The number of ether oxygens (including phenoxy) is 1. The lowest BCUT2D eigenvalue weighted by Gasteiger charge is -2.22. The molecule has 0 unspecified atom stereocenters. The van der Waals surface area contributed by atoms with Crippen LogP contribution in [0, 0.1) is 55.4 Å². The van der Waals surface area contributed by atoms with E-state index in [1.165, 1.54) is 60.7 Å². The van der Waals surface area contributed by atoms with Gasteiger partial charge in [-0.2, -0.15) is 5.10 Å². The Labute approximate surface area is 329 Å².